The molecule has 0 aliphatic rings. The number of hydrogen-bond donors (Lipinski definition) is 1. The molecular weight excluding hydrogens is 336 g/mol. The highest BCUT2D eigenvalue weighted by molar-refractivity contribution is 7.09. The molecule has 0 bridgehead atoms. The fraction of sp³-hybridized carbons (Fsp3) is 0.158. The molecule has 5 nitrogen and oxygen atoms in total. The number of nitrogens with one attached hydrogen (secondary N) is 1. The van der Waals surface area contributed by atoms with Crippen LogP contribution < -0.4 is 10.2 Å². The van der Waals surface area contributed by atoms with Crippen molar-refractivity contribution >= 4 is 17.2 Å². The van der Waals surface area contributed by atoms with Crippen LogP contribution in [0.15, 0.2) is 60.0 Å². The van der Waals surface area contributed by atoms with Crippen LogP contribution in [0, 0.1) is 6.92 Å². The van der Waals surface area contributed by atoms with Crippen molar-refractivity contribution in [2.75, 3.05) is 0 Å². The summed E-state index contributed by atoms with van der Waals surface area (Å²) in [5.74, 6) is 0.298. The van der Waals surface area contributed by atoms with Crippen LogP contribution in [0.1, 0.15) is 26.6 Å². The normalized spacial score (nSPS) is 10.4. The molecule has 0 aliphatic carbocycles. The van der Waals surface area contributed by atoms with Crippen LogP contribution in [0.25, 0.3) is 0 Å². The van der Waals surface area contributed by atoms with Crippen molar-refractivity contribution in [3.05, 3.63) is 81.8 Å². The van der Waals surface area contributed by atoms with Gasteiger partial charge in [0.2, 0.25) is 0 Å². The zero-order valence-corrected chi connectivity index (χ0v) is 14.6. The first-order chi connectivity index (χ1) is 12.2. The Balaban J connectivity index is 1.52. The van der Waals surface area contributed by atoms with Gasteiger partial charge in [-0.15, -0.1) is 11.3 Å². The number of hydroxylamine groups is 1. The highest BCUT2D eigenvalue weighted by atomic mass is 32.1. The Hall–Kier alpha value is -2.70. The predicted molar refractivity (Wildman–Crippen MR) is 96.3 cm³/mol. The van der Waals surface area contributed by atoms with E-state index in [0.29, 0.717) is 24.5 Å². The van der Waals surface area contributed by atoms with Crippen molar-refractivity contribution in [2.24, 2.45) is 0 Å². The second-order valence-electron chi connectivity index (χ2n) is 5.38. The molecule has 2 aromatic carbocycles. The van der Waals surface area contributed by atoms with Gasteiger partial charge in [0, 0.05) is 10.9 Å². The topological polar surface area (TPSA) is 60.5 Å². The molecule has 0 spiro atoms. The van der Waals surface area contributed by atoms with E-state index in [-0.39, 0.29) is 5.91 Å². The molecule has 1 heterocycles. The van der Waals surface area contributed by atoms with Crippen molar-refractivity contribution in [2.45, 2.75) is 20.1 Å². The number of rotatable bonds is 7. The Morgan fingerprint density at radius 3 is 2.72 bits per heavy atom. The van der Waals surface area contributed by atoms with Gasteiger partial charge >= 0.3 is 0 Å². The van der Waals surface area contributed by atoms with Gasteiger partial charge in [0.25, 0.3) is 5.91 Å². The lowest BCUT2D eigenvalue weighted by Crippen LogP contribution is -2.23. The van der Waals surface area contributed by atoms with Gasteiger partial charge in [0.1, 0.15) is 12.4 Å². The largest absolute Gasteiger partial charge is 0.487 e. The summed E-state index contributed by atoms with van der Waals surface area (Å²) < 4.78 is 5.69. The molecule has 0 saturated heterocycles. The van der Waals surface area contributed by atoms with Gasteiger partial charge in [-0.1, -0.05) is 36.4 Å². The van der Waals surface area contributed by atoms with Crippen LogP contribution in [0.5, 0.6) is 5.75 Å². The van der Waals surface area contributed by atoms with Gasteiger partial charge in [-0.05, 0) is 30.7 Å². The Morgan fingerprint density at radius 2 is 1.96 bits per heavy atom. The summed E-state index contributed by atoms with van der Waals surface area (Å²) in [6.45, 7) is 2.64. The number of thiazole rings is 1. The minimum absolute atomic E-state index is 0.311. The Kier molecular flexibility index (Phi) is 5.77. The average molecular weight is 354 g/mol. The van der Waals surface area contributed by atoms with Crippen LogP contribution in [-0.4, -0.2) is 10.9 Å². The third-order valence-electron chi connectivity index (χ3n) is 3.40. The number of aryl methyl sites for hydroxylation is 1. The van der Waals surface area contributed by atoms with E-state index >= 15 is 0 Å². The summed E-state index contributed by atoms with van der Waals surface area (Å²) in [6, 6.07) is 16.6. The van der Waals surface area contributed by atoms with Crippen LogP contribution in [0.2, 0.25) is 0 Å². The zero-order chi connectivity index (χ0) is 17.5. The Bertz CT molecular complexity index is 833. The average Bonchev–Trinajstić information content (AvgIpc) is 3.06. The number of aromatic nitrogens is 1. The highest BCUT2D eigenvalue weighted by Crippen LogP contribution is 2.16. The summed E-state index contributed by atoms with van der Waals surface area (Å²) in [6.07, 6.45) is 0. The molecule has 0 fully saturated rings. The summed E-state index contributed by atoms with van der Waals surface area (Å²) in [5, 5.41) is 2.96. The van der Waals surface area contributed by atoms with Crippen molar-refractivity contribution in [1.29, 1.82) is 0 Å². The van der Waals surface area contributed by atoms with Crippen molar-refractivity contribution in [1.82, 2.24) is 10.5 Å². The summed E-state index contributed by atoms with van der Waals surface area (Å²) in [4.78, 5) is 21.8. The van der Waals surface area contributed by atoms with E-state index in [2.05, 4.69) is 10.5 Å². The molecule has 0 atom stereocenters. The minimum Gasteiger partial charge on any atom is -0.487 e. The number of ether oxygens (including phenoxy) is 1. The van der Waals surface area contributed by atoms with Crippen LogP contribution >= 0.6 is 11.3 Å². The highest BCUT2D eigenvalue weighted by Gasteiger charge is 2.08. The monoisotopic (exact) mass is 354 g/mol. The van der Waals surface area contributed by atoms with Gasteiger partial charge in [0.15, 0.2) is 0 Å². The van der Waals surface area contributed by atoms with Crippen molar-refractivity contribution < 1.29 is 14.4 Å². The molecular formula is C19H18N2O3S. The van der Waals surface area contributed by atoms with E-state index in [1.165, 1.54) is 0 Å². The molecule has 6 heteroatoms. The van der Waals surface area contributed by atoms with Gasteiger partial charge < -0.3 is 4.74 Å². The standard InChI is InChI=1S/C19H18N2O3S/c1-14-20-17(13-25-14)12-23-18-9-5-8-16(10-18)19(22)21-24-11-15-6-3-2-4-7-15/h2-10,13H,11-12H2,1H3,(H,21,22). The lowest BCUT2D eigenvalue weighted by Gasteiger charge is -2.08. The molecule has 1 aromatic heterocycles. The van der Waals surface area contributed by atoms with E-state index in [4.69, 9.17) is 9.57 Å². The Morgan fingerprint density at radius 1 is 1.12 bits per heavy atom. The second kappa shape index (κ2) is 8.41. The number of nitrogens with zero attached hydrogens (tertiary/aromatic N) is 1. The number of benzene rings is 2. The first kappa shape index (κ1) is 17.1. The number of amides is 1. The molecule has 0 saturated carbocycles. The molecule has 1 N–H and O–H groups in total. The lowest BCUT2D eigenvalue weighted by molar-refractivity contribution is 0.0233. The van der Waals surface area contributed by atoms with Crippen LogP contribution in [0.3, 0.4) is 0 Å². The molecule has 128 valence electrons. The smallest absolute Gasteiger partial charge is 0.274 e. The van der Waals surface area contributed by atoms with E-state index in [1.807, 2.05) is 42.6 Å². The predicted octanol–water partition coefficient (Wildman–Crippen LogP) is 3.89. The fourth-order valence-electron chi connectivity index (χ4n) is 2.18. The lowest BCUT2D eigenvalue weighted by atomic mass is 10.2. The molecule has 25 heavy (non-hydrogen) atoms. The zero-order valence-electron chi connectivity index (χ0n) is 13.8. The summed E-state index contributed by atoms with van der Waals surface area (Å²) in [5.41, 5.74) is 4.78. The van der Waals surface area contributed by atoms with Crippen LogP contribution in [-0.2, 0) is 18.1 Å². The van der Waals surface area contributed by atoms with E-state index in [1.54, 1.807) is 35.6 Å². The fourth-order valence-corrected chi connectivity index (χ4v) is 2.77. The SMILES string of the molecule is Cc1nc(COc2cccc(C(=O)NOCc3ccccc3)c2)cs1. The number of carbonyl (C=O) groups is 1. The molecule has 0 aliphatic heterocycles. The third kappa shape index (κ3) is 5.14. The Labute approximate surface area is 150 Å². The second-order valence-corrected chi connectivity index (χ2v) is 6.44. The first-order valence-corrected chi connectivity index (χ1v) is 8.68. The van der Waals surface area contributed by atoms with Gasteiger partial charge in [-0.3, -0.25) is 9.63 Å². The third-order valence-corrected chi connectivity index (χ3v) is 4.22. The van der Waals surface area contributed by atoms with Gasteiger partial charge in [0.05, 0.1) is 17.3 Å². The first-order valence-electron chi connectivity index (χ1n) is 7.80. The van der Waals surface area contributed by atoms with Crippen molar-refractivity contribution in [3.8, 4) is 5.75 Å². The maximum absolute atomic E-state index is 12.2. The molecule has 1 amide bonds. The van der Waals surface area contributed by atoms with Crippen LogP contribution in [0.4, 0.5) is 0 Å². The maximum atomic E-state index is 12.2. The van der Waals surface area contributed by atoms with Crippen molar-refractivity contribution in [3.63, 3.8) is 0 Å². The van der Waals surface area contributed by atoms with E-state index < -0.39 is 0 Å². The number of hydrogen-bond acceptors (Lipinski definition) is 5. The molecule has 3 rings (SSSR count). The number of carbonyl (C=O) groups excluding carboxylic acids is 1. The van der Waals surface area contributed by atoms with Gasteiger partial charge in [-0.2, -0.15) is 0 Å². The van der Waals surface area contributed by atoms with E-state index in [9.17, 15) is 4.79 Å². The molecule has 0 radical (unpaired) electrons. The van der Waals surface area contributed by atoms with Gasteiger partial charge in [-0.25, -0.2) is 10.5 Å². The summed E-state index contributed by atoms with van der Waals surface area (Å²) >= 11 is 1.58. The summed E-state index contributed by atoms with van der Waals surface area (Å²) in [7, 11) is 0. The quantitative estimate of drug-likeness (QED) is 0.654. The molecule has 0 unspecified atom stereocenters. The van der Waals surface area contributed by atoms with E-state index in [0.717, 1.165) is 16.3 Å². The molecule has 3 aromatic rings. The minimum atomic E-state index is -0.314. The maximum Gasteiger partial charge on any atom is 0.274 e.